The van der Waals surface area contributed by atoms with Crippen molar-refractivity contribution in [2.24, 2.45) is 5.16 Å². The van der Waals surface area contributed by atoms with Crippen molar-refractivity contribution in [1.29, 1.82) is 0 Å². The minimum atomic E-state index is 0.410. The van der Waals surface area contributed by atoms with Crippen molar-refractivity contribution in [3.63, 3.8) is 0 Å². The number of halogens is 2. The van der Waals surface area contributed by atoms with Gasteiger partial charge in [-0.15, -0.1) is 0 Å². The Labute approximate surface area is 147 Å². The van der Waals surface area contributed by atoms with E-state index >= 15 is 0 Å². The summed E-state index contributed by atoms with van der Waals surface area (Å²) in [6.45, 7) is 0.410. The molecule has 3 rings (SSSR count). The summed E-state index contributed by atoms with van der Waals surface area (Å²) in [6, 6.07) is 17.8. The van der Waals surface area contributed by atoms with Gasteiger partial charge in [-0.3, -0.25) is 0 Å². The third-order valence-corrected chi connectivity index (χ3v) is 4.35. The van der Waals surface area contributed by atoms with E-state index in [0.29, 0.717) is 27.4 Å². The van der Waals surface area contributed by atoms with E-state index in [1.54, 1.807) is 12.1 Å². The smallest absolute Gasteiger partial charge is 0.152 e. The summed E-state index contributed by atoms with van der Waals surface area (Å²) in [6.07, 6.45) is 1.31. The van der Waals surface area contributed by atoms with Gasteiger partial charge in [-0.05, 0) is 50.0 Å². The lowest BCUT2D eigenvalue weighted by Crippen LogP contribution is -1.98. The fourth-order valence-corrected chi connectivity index (χ4v) is 3.42. The molecule has 0 spiro atoms. The first-order chi connectivity index (χ1) is 11.2. The first kappa shape index (κ1) is 15.8. The Morgan fingerprint density at radius 2 is 1.91 bits per heavy atom. The third kappa shape index (κ3) is 3.49. The molecule has 3 aromatic rings. The fraction of sp³-hybridized carbons (Fsp3) is 0.0556. The van der Waals surface area contributed by atoms with Crippen molar-refractivity contribution < 1.29 is 9.94 Å². The number of nitrogens with zero attached hydrogens (tertiary/aromatic N) is 1. The van der Waals surface area contributed by atoms with Gasteiger partial charge in [0.05, 0.1) is 15.7 Å². The summed E-state index contributed by atoms with van der Waals surface area (Å²) in [4.78, 5) is 0. The lowest BCUT2D eigenvalue weighted by Gasteiger charge is -2.12. The summed E-state index contributed by atoms with van der Waals surface area (Å²) in [5.41, 5.74) is 1.77. The number of hydrogen-bond donors (Lipinski definition) is 1. The average molecular weight is 391 g/mol. The number of ether oxygens (including phenoxy) is 1. The molecule has 0 radical (unpaired) electrons. The molecule has 5 heteroatoms. The zero-order chi connectivity index (χ0) is 16.2. The number of hydrogen-bond acceptors (Lipinski definition) is 3. The molecule has 0 amide bonds. The number of oxime groups is 1. The van der Waals surface area contributed by atoms with Crippen molar-refractivity contribution in [2.45, 2.75) is 6.61 Å². The van der Waals surface area contributed by atoms with Gasteiger partial charge in [0.1, 0.15) is 6.61 Å². The van der Waals surface area contributed by atoms with Crippen molar-refractivity contribution in [2.75, 3.05) is 0 Å². The SMILES string of the molecule is O/N=C\c1cc(Cl)c(OCc2cccc3ccccc23)c(Br)c1. The Balaban J connectivity index is 1.88. The number of fused-ring (bicyclic) bond motifs is 1. The summed E-state index contributed by atoms with van der Waals surface area (Å²) < 4.78 is 6.62. The summed E-state index contributed by atoms with van der Waals surface area (Å²) >= 11 is 9.70. The summed E-state index contributed by atoms with van der Waals surface area (Å²) in [5, 5.41) is 14.4. The van der Waals surface area contributed by atoms with Crippen LogP contribution in [0, 0.1) is 0 Å². The first-order valence-electron chi connectivity index (χ1n) is 6.95. The van der Waals surface area contributed by atoms with Crippen molar-refractivity contribution in [3.05, 3.63) is 75.2 Å². The standard InChI is InChI=1S/C18H13BrClNO2/c19-16-8-12(10-21-22)9-17(20)18(16)23-11-14-6-3-5-13-4-1-2-7-15(13)14/h1-10,22H,11H2/b21-10-. The molecule has 116 valence electrons. The van der Waals surface area contributed by atoms with E-state index in [0.717, 1.165) is 10.9 Å². The van der Waals surface area contributed by atoms with E-state index in [1.807, 2.05) is 24.3 Å². The Morgan fingerprint density at radius 3 is 2.70 bits per heavy atom. The van der Waals surface area contributed by atoms with Crippen LogP contribution in [0.5, 0.6) is 5.75 Å². The predicted octanol–water partition coefficient (Wildman–Crippen LogP) is 5.64. The molecule has 1 N–H and O–H groups in total. The Hall–Kier alpha value is -2.04. The van der Waals surface area contributed by atoms with Crippen LogP contribution in [-0.4, -0.2) is 11.4 Å². The fourth-order valence-electron chi connectivity index (χ4n) is 2.43. The van der Waals surface area contributed by atoms with E-state index in [9.17, 15) is 0 Å². The van der Waals surface area contributed by atoms with Gasteiger partial charge in [0, 0.05) is 0 Å². The summed E-state index contributed by atoms with van der Waals surface area (Å²) in [7, 11) is 0. The topological polar surface area (TPSA) is 41.8 Å². The highest BCUT2D eigenvalue weighted by molar-refractivity contribution is 9.10. The van der Waals surface area contributed by atoms with Crippen LogP contribution in [0.25, 0.3) is 10.8 Å². The van der Waals surface area contributed by atoms with Gasteiger partial charge in [0.15, 0.2) is 5.75 Å². The van der Waals surface area contributed by atoms with Crippen LogP contribution in [-0.2, 0) is 6.61 Å². The second-order valence-electron chi connectivity index (χ2n) is 4.99. The molecule has 0 saturated heterocycles. The van der Waals surface area contributed by atoms with Crippen molar-refractivity contribution in [3.8, 4) is 5.75 Å². The van der Waals surface area contributed by atoms with Gasteiger partial charge in [0.2, 0.25) is 0 Å². The molecule has 3 nitrogen and oxygen atoms in total. The zero-order valence-corrected chi connectivity index (χ0v) is 14.4. The first-order valence-corrected chi connectivity index (χ1v) is 8.12. The molecule has 23 heavy (non-hydrogen) atoms. The van der Waals surface area contributed by atoms with Gasteiger partial charge >= 0.3 is 0 Å². The molecule has 0 aliphatic rings. The Kier molecular flexibility index (Phi) is 4.84. The van der Waals surface area contributed by atoms with Crippen LogP contribution in [0.15, 0.2) is 64.2 Å². The van der Waals surface area contributed by atoms with Crippen LogP contribution >= 0.6 is 27.5 Å². The van der Waals surface area contributed by atoms with Crippen LogP contribution in [0.2, 0.25) is 5.02 Å². The Morgan fingerprint density at radius 1 is 1.13 bits per heavy atom. The third-order valence-electron chi connectivity index (χ3n) is 3.48. The molecule has 0 aromatic heterocycles. The van der Waals surface area contributed by atoms with E-state index in [1.165, 1.54) is 11.6 Å². The largest absolute Gasteiger partial charge is 0.486 e. The monoisotopic (exact) mass is 389 g/mol. The highest BCUT2D eigenvalue weighted by Gasteiger charge is 2.10. The molecule has 3 aromatic carbocycles. The van der Waals surface area contributed by atoms with Crippen LogP contribution in [0.3, 0.4) is 0 Å². The molecule has 0 fully saturated rings. The molecule has 0 unspecified atom stereocenters. The molecular weight excluding hydrogens is 378 g/mol. The van der Waals surface area contributed by atoms with E-state index in [2.05, 4.69) is 39.3 Å². The molecule has 0 aliphatic heterocycles. The molecular formula is C18H13BrClNO2. The van der Waals surface area contributed by atoms with Crippen LogP contribution in [0.1, 0.15) is 11.1 Å². The van der Waals surface area contributed by atoms with E-state index < -0.39 is 0 Å². The van der Waals surface area contributed by atoms with Gasteiger partial charge in [-0.1, -0.05) is 59.2 Å². The van der Waals surface area contributed by atoms with Crippen molar-refractivity contribution >= 4 is 44.5 Å². The maximum atomic E-state index is 8.60. The molecule has 0 bridgehead atoms. The molecule has 0 saturated carbocycles. The number of benzene rings is 3. The van der Waals surface area contributed by atoms with Crippen LogP contribution < -0.4 is 4.74 Å². The maximum absolute atomic E-state index is 8.60. The molecule has 0 atom stereocenters. The zero-order valence-electron chi connectivity index (χ0n) is 12.0. The maximum Gasteiger partial charge on any atom is 0.152 e. The molecule has 0 aliphatic carbocycles. The van der Waals surface area contributed by atoms with E-state index in [-0.39, 0.29) is 0 Å². The van der Waals surface area contributed by atoms with Gasteiger partial charge < -0.3 is 9.94 Å². The second kappa shape index (κ2) is 7.02. The molecule has 0 heterocycles. The van der Waals surface area contributed by atoms with E-state index in [4.69, 9.17) is 21.5 Å². The second-order valence-corrected chi connectivity index (χ2v) is 6.25. The Bertz CT molecular complexity index is 852. The van der Waals surface area contributed by atoms with Gasteiger partial charge in [0.25, 0.3) is 0 Å². The predicted molar refractivity (Wildman–Crippen MR) is 96.8 cm³/mol. The minimum Gasteiger partial charge on any atom is -0.486 e. The van der Waals surface area contributed by atoms with Gasteiger partial charge in [-0.25, -0.2) is 0 Å². The van der Waals surface area contributed by atoms with Crippen LogP contribution in [0.4, 0.5) is 0 Å². The highest BCUT2D eigenvalue weighted by Crippen LogP contribution is 2.35. The minimum absolute atomic E-state index is 0.410. The average Bonchev–Trinajstić information content (AvgIpc) is 2.54. The van der Waals surface area contributed by atoms with Gasteiger partial charge in [-0.2, -0.15) is 0 Å². The number of rotatable bonds is 4. The van der Waals surface area contributed by atoms with Crippen molar-refractivity contribution in [1.82, 2.24) is 0 Å². The normalized spacial score (nSPS) is 11.2. The lowest BCUT2D eigenvalue weighted by molar-refractivity contribution is 0.306. The summed E-state index contributed by atoms with van der Waals surface area (Å²) in [5.74, 6) is 0.565. The lowest BCUT2D eigenvalue weighted by atomic mass is 10.1. The quantitative estimate of drug-likeness (QED) is 0.356. The highest BCUT2D eigenvalue weighted by atomic mass is 79.9.